The second-order valence-electron chi connectivity index (χ2n) is 10.8. The minimum absolute atomic E-state index is 0.104. The van der Waals surface area contributed by atoms with Crippen LogP contribution in [0.15, 0.2) is 78.9 Å². The summed E-state index contributed by atoms with van der Waals surface area (Å²) in [6, 6.07) is 24.0. The Morgan fingerprint density at radius 2 is 1.80 bits per heavy atom. The number of rotatable bonds is 4. The fourth-order valence-electron chi connectivity index (χ4n) is 5.73. The molecular formula is C35H43N3O2. The largest absolute Gasteiger partial charge is 0.384 e. The summed E-state index contributed by atoms with van der Waals surface area (Å²) in [5.41, 5.74) is 6.09. The van der Waals surface area contributed by atoms with Gasteiger partial charge in [0.25, 0.3) is 0 Å². The van der Waals surface area contributed by atoms with Gasteiger partial charge in [0.15, 0.2) is 0 Å². The molecule has 0 saturated heterocycles. The highest BCUT2D eigenvalue weighted by Gasteiger charge is 2.40. The number of carbonyl (C=O) groups is 2. The highest BCUT2D eigenvalue weighted by molar-refractivity contribution is 5.99. The molecule has 5 rings (SSSR count). The summed E-state index contributed by atoms with van der Waals surface area (Å²) < 4.78 is 0. The molecule has 210 valence electrons. The molecule has 1 spiro atoms. The van der Waals surface area contributed by atoms with Gasteiger partial charge >= 0.3 is 0 Å². The van der Waals surface area contributed by atoms with E-state index in [1.54, 1.807) is 11.9 Å². The van der Waals surface area contributed by atoms with Gasteiger partial charge in [0.2, 0.25) is 11.8 Å². The molecule has 0 radical (unpaired) electrons. The topological polar surface area (TPSA) is 61.4 Å². The summed E-state index contributed by atoms with van der Waals surface area (Å²) in [5, 5.41) is 6.63. The minimum Gasteiger partial charge on any atom is -0.384 e. The smallest absolute Gasteiger partial charge is 0.249 e. The molecule has 2 amide bonds. The van der Waals surface area contributed by atoms with Crippen LogP contribution < -0.4 is 15.5 Å². The first-order valence-corrected chi connectivity index (χ1v) is 14.6. The molecule has 40 heavy (non-hydrogen) atoms. The van der Waals surface area contributed by atoms with Crippen LogP contribution in [0, 0.1) is 0 Å². The van der Waals surface area contributed by atoms with Gasteiger partial charge in [-0.05, 0) is 59.2 Å². The van der Waals surface area contributed by atoms with E-state index in [9.17, 15) is 9.59 Å². The van der Waals surface area contributed by atoms with Crippen molar-refractivity contribution in [3.05, 3.63) is 101 Å². The van der Waals surface area contributed by atoms with Crippen molar-refractivity contribution in [3.63, 3.8) is 0 Å². The predicted octanol–water partition coefficient (Wildman–Crippen LogP) is 7.09. The maximum Gasteiger partial charge on any atom is 0.249 e. The summed E-state index contributed by atoms with van der Waals surface area (Å²) in [7, 11) is 1.79. The molecule has 0 fully saturated rings. The van der Waals surface area contributed by atoms with Gasteiger partial charge in [0, 0.05) is 43.2 Å². The fourth-order valence-corrected chi connectivity index (χ4v) is 5.73. The first kappa shape index (κ1) is 29.1. The molecule has 2 N–H and O–H groups in total. The van der Waals surface area contributed by atoms with Gasteiger partial charge in [-0.2, -0.15) is 0 Å². The van der Waals surface area contributed by atoms with Gasteiger partial charge in [-0.1, -0.05) is 94.4 Å². The second-order valence-corrected chi connectivity index (χ2v) is 10.8. The maximum absolute atomic E-state index is 13.8. The molecule has 2 bridgehead atoms. The standard InChI is InChI=1S/C33H37N3O2.C2H6/c1-4-23(2)26-14-16-27(17-15-26)36(3)32(38)30-20-25-10-7-9-24(19-25)11-8-18-33(21-31(37)35-30)22-34-29-13-6-5-12-28(29)33;1-2/h5-17,19,23,30,34H,4,18,20-22H2,1-3H3,(H,35,37);1-2H3/b11-8+;. The normalized spacial score (nSPS) is 21.3. The van der Waals surface area contributed by atoms with Crippen LogP contribution in [0.1, 0.15) is 75.1 Å². The summed E-state index contributed by atoms with van der Waals surface area (Å²) in [4.78, 5) is 29.1. The number of hydrogen-bond donors (Lipinski definition) is 2. The van der Waals surface area contributed by atoms with Gasteiger partial charge < -0.3 is 15.5 Å². The SMILES string of the molecule is CC.CCC(C)c1ccc(N(C)C(=O)C2Cc3cccc(c3)/C=C/CC3(CNc4ccccc43)CC(=O)N2)cc1. The highest BCUT2D eigenvalue weighted by Crippen LogP contribution is 2.42. The summed E-state index contributed by atoms with van der Waals surface area (Å²) >= 11 is 0. The number of anilines is 2. The summed E-state index contributed by atoms with van der Waals surface area (Å²) in [6.07, 6.45) is 6.86. The van der Waals surface area contributed by atoms with Crippen LogP contribution in [-0.2, 0) is 21.4 Å². The third-order valence-electron chi connectivity index (χ3n) is 8.25. The number of amides is 2. The Morgan fingerprint density at radius 1 is 1.05 bits per heavy atom. The molecule has 3 aromatic rings. The molecule has 2 aliphatic heterocycles. The molecule has 0 aromatic heterocycles. The van der Waals surface area contributed by atoms with Crippen LogP contribution in [-0.4, -0.2) is 31.4 Å². The van der Waals surface area contributed by atoms with E-state index in [2.05, 4.69) is 73.0 Å². The van der Waals surface area contributed by atoms with Crippen molar-refractivity contribution < 1.29 is 9.59 Å². The number of nitrogens with zero attached hydrogens (tertiary/aromatic N) is 1. The Labute approximate surface area is 239 Å². The van der Waals surface area contributed by atoms with Crippen molar-refractivity contribution in [2.24, 2.45) is 0 Å². The maximum atomic E-state index is 13.8. The Balaban J connectivity index is 0.00000181. The number of allylic oxidation sites excluding steroid dienone is 1. The van der Waals surface area contributed by atoms with Gasteiger partial charge in [-0.3, -0.25) is 9.59 Å². The zero-order valence-electron chi connectivity index (χ0n) is 24.5. The number of carbonyl (C=O) groups excluding carboxylic acids is 2. The van der Waals surface area contributed by atoms with E-state index < -0.39 is 6.04 Å². The number of nitrogens with one attached hydrogen (secondary N) is 2. The van der Waals surface area contributed by atoms with Crippen LogP contribution in [0.2, 0.25) is 0 Å². The predicted molar refractivity (Wildman–Crippen MR) is 167 cm³/mol. The Morgan fingerprint density at radius 3 is 2.55 bits per heavy atom. The molecule has 2 aliphatic rings. The van der Waals surface area contributed by atoms with Crippen molar-refractivity contribution in [2.45, 2.75) is 70.8 Å². The van der Waals surface area contributed by atoms with E-state index in [0.29, 0.717) is 25.3 Å². The van der Waals surface area contributed by atoms with Gasteiger partial charge in [-0.15, -0.1) is 0 Å². The van der Waals surface area contributed by atoms with Crippen molar-refractivity contribution >= 4 is 29.3 Å². The quantitative estimate of drug-likeness (QED) is 0.374. The van der Waals surface area contributed by atoms with E-state index in [-0.39, 0.29) is 17.2 Å². The van der Waals surface area contributed by atoms with Crippen molar-refractivity contribution in [1.29, 1.82) is 0 Å². The van der Waals surface area contributed by atoms with Crippen LogP contribution in [0.4, 0.5) is 11.4 Å². The van der Waals surface area contributed by atoms with E-state index in [1.165, 1.54) is 5.56 Å². The lowest BCUT2D eigenvalue weighted by atomic mass is 9.76. The average molecular weight is 538 g/mol. The van der Waals surface area contributed by atoms with Gasteiger partial charge in [0.1, 0.15) is 6.04 Å². The first-order chi connectivity index (χ1) is 19.4. The lowest BCUT2D eigenvalue weighted by Gasteiger charge is -2.30. The highest BCUT2D eigenvalue weighted by atomic mass is 16.2. The number of fused-ring (bicyclic) bond motifs is 4. The lowest BCUT2D eigenvalue weighted by Crippen LogP contribution is -2.50. The molecule has 5 heteroatoms. The molecule has 0 aliphatic carbocycles. The van der Waals surface area contributed by atoms with Crippen molar-refractivity contribution in [3.8, 4) is 0 Å². The number of likely N-dealkylation sites (N-methyl/N-ethyl adjacent to an activating group) is 1. The Bertz CT molecular complexity index is 1350. The third-order valence-corrected chi connectivity index (χ3v) is 8.25. The minimum atomic E-state index is -0.665. The lowest BCUT2D eigenvalue weighted by molar-refractivity contribution is -0.128. The zero-order valence-corrected chi connectivity index (χ0v) is 24.5. The van der Waals surface area contributed by atoms with Crippen LogP contribution in [0.5, 0.6) is 0 Å². The van der Waals surface area contributed by atoms with Crippen LogP contribution >= 0.6 is 0 Å². The number of hydrogen-bond acceptors (Lipinski definition) is 3. The molecule has 3 atom stereocenters. The van der Waals surface area contributed by atoms with E-state index in [4.69, 9.17) is 0 Å². The van der Waals surface area contributed by atoms with Crippen LogP contribution in [0.25, 0.3) is 6.08 Å². The number of para-hydroxylation sites is 1. The molecule has 0 saturated carbocycles. The Hall–Kier alpha value is -3.86. The molecule has 2 heterocycles. The summed E-state index contributed by atoms with van der Waals surface area (Å²) in [5.74, 6) is 0.249. The molecular weight excluding hydrogens is 494 g/mol. The summed E-state index contributed by atoms with van der Waals surface area (Å²) in [6.45, 7) is 9.07. The fraction of sp³-hybridized carbons (Fsp3) is 0.371. The van der Waals surface area contributed by atoms with Gasteiger partial charge in [0.05, 0.1) is 0 Å². The van der Waals surface area contributed by atoms with Crippen molar-refractivity contribution in [1.82, 2.24) is 5.32 Å². The number of benzene rings is 3. The zero-order chi connectivity index (χ0) is 28.7. The molecule has 3 unspecified atom stereocenters. The first-order valence-electron chi connectivity index (χ1n) is 14.6. The molecule has 5 nitrogen and oxygen atoms in total. The van der Waals surface area contributed by atoms with Crippen molar-refractivity contribution in [2.75, 3.05) is 23.8 Å². The van der Waals surface area contributed by atoms with Crippen LogP contribution in [0.3, 0.4) is 0 Å². The van der Waals surface area contributed by atoms with E-state index in [0.717, 1.165) is 40.9 Å². The van der Waals surface area contributed by atoms with E-state index >= 15 is 0 Å². The van der Waals surface area contributed by atoms with E-state index in [1.807, 2.05) is 50.2 Å². The monoisotopic (exact) mass is 537 g/mol. The third kappa shape index (κ3) is 6.30. The Kier molecular flexibility index (Phi) is 9.46. The molecule has 3 aromatic carbocycles. The second kappa shape index (κ2) is 13.0. The average Bonchev–Trinajstić information content (AvgIpc) is 3.34. The van der Waals surface area contributed by atoms with Gasteiger partial charge in [-0.25, -0.2) is 0 Å².